The molecule has 0 aliphatic carbocycles. The number of hydrogen-bond acceptors (Lipinski definition) is 1. The molecule has 0 saturated carbocycles. The van der Waals surface area contributed by atoms with Crippen molar-refractivity contribution in [2.75, 3.05) is 0 Å². The van der Waals surface area contributed by atoms with E-state index in [0.29, 0.717) is 0 Å². The number of fused-ring (bicyclic) bond motifs is 3. The van der Waals surface area contributed by atoms with E-state index in [1.807, 2.05) is 30.3 Å². The standard InChI is InChI=1S/C13H11NO/c15-8-9-5-6-13-11(7-9)10-3-1-2-4-12(10)14-13/h1-7,14-15H,8H2. The number of nitrogens with one attached hydrogen (secondary N) is 1. The lowest BCUT2D eigenvalue weighted by Crippen LogP contribution is -1.80. The molecule has 15 heavy (non-hydrogen) atoms. The lowest BCUT2D eigenvalue weighted by atomic mass is 10.1. The highest BCUT2D eigenvalue weighted by molar-refractivity contribution is 6.07. The predicted molar refractivity (Wildman–Crippen MR) is 61.7 cm³/mol. The van der Waals surface area contributed by atoms with Gasteiger partial charge in [0, 0.05) is 21.8 Å². The molecule has 2 nitrogen and oxygen atoms in total. The molecule has 3 aromatic rings. The molecule has 1 heterocycles. The van der Waals surface area contributed by atoms with Gasteiger partial charge in [-0.2, -0.15) is 0 Å². The number of aromatic amines is 1. The molecular weight excluding hydrogens is 186 g/mol. The molecule has 0 unspecified atom stereocenters. The molecule has 0 radical (unpaired) electrons. The molecule has 0 aliphatic heterocycles. The summed E-state index contributed by atoms with van der Waals surface area (Å²) in [7, 11) is 0. The Morgan fingerprint density at radius 1 is 0.933 bits per heavy atom. The van der Waals surface area contributed by atoms with Crippen LogP contribution >= 0.6 is 0 Å². The van der Waals surface area contributed by atoms with Gasteiger partial charge in [0.15, 0.2) is 0 Å². The van der Waals surface area contributed by atoms with Crippen LogP contribution in [0.3, 0.4) is 0 Å². The zero-order valence-corrected chi connectivity index (χ0v) is 8.20. The van der Waals surface area contributed by atoms with Crippen molar-refractivity contribution in [2.45, 2.75) is 6.61 Å². The van der Waals surface area contributed by atoms with Crippen molar-refractivity contribution in [1.29, 1.82) is 0 Å². The first-order valence-corrected chi connectivity index (χ1v) is 4.99. The van der Waals surface area contributed by atoms with Crippen LogP contribution in [0.15, 0.2) is 42.5 Å². The lowest BCUT2D eigenvalue weighted by Gasteiger charge is -1.95. The van der Waals surface area contributed by atoms with Crippen molar-refractivity contribution in [1.82, 2.24) is 4.98 Å². The molecule has 2 aromatic carbocycles. The quantitative estimate of drug-likeness (QED) is 0.618. The third kappa shape index (κ3) is 1.22. The Labute approximate surface area is 87.2 Å². The highest BCUT2D eigenvalue weighted by Crippen LogP contribution is 2.25. The minimum atomic E-state index is 0.0927. The van der Waals surface area contributed by atoms with E-state index in [1.165, 1.54) is 10.8 Å². The Bertz CT molecular complexity index is 625. The summed E-state index contributed by atoms with van der Waals surface area (Å²) in [5.41, 5.74) is 3.21. The van der Waals surface area contributed by atoms with Crippen LogP contribution in [-0.4, -0.2) is 10.1 Å². The number of para-hydroxylation sites is 1. The smallest absolute Gasteiger partial charge is 0.0682 e. The maximum atomic E-state index is 9.10. The van der Waals surface area contributed by atoms with E-state index >= 15 is 0 Å². The molecule has 0 saturated heterocycles. The molecule has 2 heteroatoms. The summed E-state index contributed by atoms with van der Waals surface area (Å²) in [6, 6.07) is 14.2. The molecule has 1 aromatic heterocycles. The molecule has 0 fully saturated rings. The van der Waals surface area contributed by atoms with Gasteiger partial charge >= 0.3 is 0 Å². The number of aliphatic hydroxyl groups is 1. The van der Waals surface area contributed by atoms with E-state index in [-0.39, 0.29) is 6.61 Å². The summed E-state index contributed by atoms with van der Waals surface area (Å²) in [5, 5.41) is 11.5. The van der Waals surface area contributed by atoms with Gasteiger partial charge in [0.2, 0.25) is 0 Å². The van der Waals surface area contributed by atoms with Gasteiger partial charge in [-0.1, -0.05) is 24.3 Å². The first kappa shape index (κ1) is 8.50. The van der Waals surface area contributed by atoms with Crippen LogP contribution in [0.25, 0.3) is 21.8 Å². The lowest BCUT2D eigenvalue weighted by molar-refractivity contribution is 0.282. The van der Waals surface area contributed by atoms with Crippen molar-refractivity contribution >= 4 is 21.8 Å². The van der Waals surface area contributed by atoms with Crippen LogP contribution in [0, 0.1) is 0 Å². The SMILES string of the molecule is OCc1ccc2[nH]c3ccccc3c2c1. The number of rotatable bonds is 1. The molecule has 3 rings (SSSR count). The Morgan fingerprint density at radius 3 is 2.60 bits per heavy atom. The van der Waals surface area contributed by atoms with Gasteiger partial charge in [-0.15, -0.1) is 0 Å². The van der Waals surface area contributed by atoms with Crippen LogP contribution in [0.1, 0.15) is 5.56 Å². The van der Waals surface area contributed by atoms with Crippen LogP contribution in [-0.2, 0) is 6.61 Å². The Kier molecular flexibility index (Phi) is 1.76. The molecule has 0 bridgehead atoms. The summed E-state index contributed by atoms with van der Waals surface area (Å²) in [4.78, 5) is 3.35. The zero-order valence-electron chi connectivity index (χ0n) is 8.20. The topological polar surface area (TPSA) is 36.0 Å². The fourth-order valence-electron chi connectivity index (χ4n) is 1.99. The van der Waals surface area contributed by atoms with E-state index in [0.717, 1.165) is 16.6 Å². The molecule has 74 valence electrons. The average molecular weight is 197 g/mol. The van der Waals surface area contributed by atoms with Gasteiger partial charge in [0.25, 0.3) is 0 Å². The van der Waals surface area contributed by atoms with E-state index in [2.05, 4.69) is 17.1 Å². The van der Waals surface area contributed by atoms with Crippen LogP contribution in [0.2, 0.25) is 0 Å². The Morgan fingerprint density at radius 2 is 1.73 bits per heavy atom. The molecular formula is C13H11NO. The number of benzene rings is 2. The number of aliphatic hydroxyl groups excluding tert-OH is 1. The third-order valence-electron chi connectivity index (χ3n) is 2.75. The second-order valence-electron chi connectivity index (χ2n) is 3.71. The van der Waals surface area contributed by atoms with Gasteiger partial charge in [-0.05, 0) is 23.8 Å². The minimum Gasteiger partial charge on any atom is -0.392 e. The molecule has 2 N–H and O–H groups in total. The van der Waals surface area contributed by atoms with Crippen LogP contribution in [0.4, 0.5) is 0 Å². The fourth-order valence-corrected chi connectivity index (χ4v) is 1.99. The highest BCUT2D eigenvalue weighted by atomic mass is 16.3. The Balaban J connectivity index is 2.46. The third-order valence-corrected chi connectivity index (χ3v) is 2.75. The number of H-pyrrole nitrogens is 1. The van der Waals surface area contributed by atoms with Crippen molar-refractivity contribution < 1.29 is 5.11 Å². The summed E-state index contributed by atoms with van der Waals surface area (Å²) in [6.45, 7) is 0.0927. The van der Waals surface area contributed by atoms with Crippen molar-refractivity contribution in [3.63, 3.8) is 0 Å². The summed E-state index contributed by atoms with van der Waals surface area (Å²) in [5.74, 6) is 0. The van der Waals surface area contributed by atoms with Gasteiger partial charge in [-0.3, -0.25) is 0 Å². The number of aromatic nitrogens is 1. The second-order valence-corrected chi connectivity index (χ2v) is 3.71. The van der Waals surface area contributed by atoms with Gasteiger partial charge in [-0.25, -0.2) is 0 Å². The first-order valence-electron chi connectivity index (χ1n) is 4.99. The highest BCUT2D eigenvalue weighted by Gasteiger charge is 2.03. The second kappa shape index (κ2) is 3.11. The van der Waals surface area contributed by atoms with Gasteiger partial charge in [0.05, 0.1) is 6.61 Å². The normalized spacial score (nSPS) is 11.3. The molecule has 0 aliphatic rings. The van der Waals surface area contributed by atoms with E-state index < -0.39 is 0 Å². The predicted octanol–water partition coefficient (Wildman–Crippen LogP) is 2.81. The van der Waals surface area contributed by atoms with Crippen molar-refractivity contribution in [3.8, 4) is 0 Å². The molecule has 0 spiro atoms. The summed E-state index contributed by atoms with van der Waals surface area (Å²) in [6.07, 6.45) is 0. The van der Waals surface area contributed by atoms with E-state index in [1.54, 1.807) is 0 Å². The summed E-state index contributed by atoms with van der Waals surface area (Å²) < 4.78 is 0. The number of hydrogen-bond donors (Lipinski definition) is 2. The maximum absolute atomic E-state index is 9.10. The average Bonchev–Trinajstić information content (AvgIpc) is 2.66. The van der Waals surface area contributed by atoms with Crippen LogP contribution in [0.5, 0.6) is 0 Å². The monoisotopic (exact) mass is 197 g/mol. The minimum absolute atomic E-state index is 0.0927. The molecule has 0 atom stereocenters. The Hall–Kier alpha value is -1.80. The van der Waals surface area contributed by atoms with E-state index in [9.17, 15) is 0 Å². The van der Waals surface area contributed by atoms with Gasteiger partial charge < -0.3 is 10.1 Å². The maximum Gasteiger partial charge on any atom is 0.0682 e. The van der Waals surface area contributed by atoms with E-state index in [4.69, 9.17) is 5.11 Å². The van der Waals surface area contributed by atoms with Gasteiger partial charge in [0.1, 0.15) is 0 Å². The van der Waals surface area contributed by atoms with Crippen LogP contribution < -0.4 is 0 Å². The first-order chi connectivity index (χ1) is 7.38. The largest absolute Gasteiger partial charge is 0.392 e. The summed E-state index contributed by atoms with van der Waals surface area (Å²) >= 11 is 0. The van der Waals surface area contributed by atoms with Crippen molar-refractivity contribution in [2.24, 2.45) is 0 Å². The molecule has 0 amide bonds. The fraction of sp³-hybridized carbons (Fsp3) is 0.0769. The van der Waals surface area contributed by atoms with Crippen molar-refractivity contribution in [3.05, 3.63) is 48.0 Å². The zero-order chi connectivity index (χ0) is 10.3.